The summed E-state index contributed by atoms with van der Waals surface area (Å²) in [6, 6.07) is 7.40. The number of amides is 2. The molecule has 0 spiro atoms. The van der Waals surface area contributed by atoms with Crippen molar-refractivity contribution in [3.63, 3.8) is 0 Å². The molecule has 0 aliphatic carbocycles. The average Bonchev–Trinajstić information content (AvgIpc) is 3.23. The minimum Gasteiger partial charge on any atom is -0.495 e. The van der Waals surface area contributed by atoms with Crippen molar-refractivity contribution in [3.8, 4) is 11.8 Å². The lowest BCUT2D eigenvalue weighted by Crippen LogP contribution is -2.34. The highest BCUT2D eigenvalue weighted by atomic mass is 35.5. The molecule has 2 aliphatic heterocycles. The number of nitrogens with zero attached hydrogens (tertiary/aromatic N) is 1. The van der Waals surface area contributed by atoms with Gasteiger partial charge < -0.3 is 20.1 Å². The number of nitrogens with one attached hydrogen (secondary N) is 2. The van der Waals surface area contributed by atoms with Gasteiger partial charge in [-0.15, -0.1) is 0 Å². The first-order chi connectivity index (χ1) is 14.0. The minimum atomic E-state index is -0.422. The lowest BCUT2D eigenvalue weighted by molar-refractivity contribution is -0.121. The Hall–Kier alpha value is -2.21. The summed E-state index contributed by atoms with van der Waals surface area (Å²) in [4.78, 5) is 24.4. The maximum absolute atomic E-state index is 12.2. The van der Waals surface area contributed by atoms with E-state index in [1.165, 1.54) is 7.11 Å². The normalized spacial score (nSPS) is 21.5. The Morgan fingerprint density at radius 3 is 3.00 bits per heavy atom. The van der Waals surface area contributed by atoms with Gasteiger partial charge in [0.25, 0.3) is 0 Å². The second kappa shape index (κ2) is 10.0. The van der Waals surface area contributed by atoms with Crippen molar-refractivity contribution in [3.05, 3.63) is 39.4 Å². The molecule has 0 radical (unpaired) electrons. The Kier molecular flexibility index (Phi) is 7.42. The highest BCUT2D eigenvalue weighted by Gasteiger charge is 2.30. The van der Waals surface area contributed by atoms with Gasteiger partial charge in [-0.1, -0.05) is 29.4 Å². The summed E-state index contributed by atoms with van der Waals surface area (Å²) in [6.07, 6.45) is 2.16. The Morgan fingerprint density at radius 1 is 1.52 bits per heavy atom. The van der Waals surface area contributed by atoms with E-state index in [-0.39, 0.29) is 30.1 Å². The molecule has 0 aromatic heterocycles. The van der Waals surface area contributed by atoms with Crippen LogP contribution in [0.5, 0.6) is 5.75 Å². The lowest BCUT2D eigenvalue weighted by Gasteiger charge is -2.25. The summed E-state index contributed by atoms with van der Waals surface area (Å²) in [5.74, 6) is -0.170. The van der Waals surface area contributed by atoms with Crippen molar-refractivity contribution < 1.29 is 19.1 Å². The number of ether oxygens (including phenoxy) is 2. The largest absolute Gasteiger partial charge is 0.495 e. The van der Waals surface area contributed by atoms with Crippen LogP contribution in [0.2, 0.25) is 5.02 Å². The third-order valence-electron chi connectivity index (χ3n) is 4.83. The smallest absolute Gasteiger partial charge is 0.230 e. The zero-order chi connectivity index (χ0) is 20.8. The topological polar surface area (TPSA) is 100 Å². The number of carbonyl (C=O) groups is 2. The lowest BCUT2D eigenvalue weighted by atomic mass is 9.87. The SMILES string of the molecule is COc1ccc([C@@H]2CC(=O)NC(SCC(=O)NC[C@H]3CCCO3)=C2C#N)cc1Cl. The van der Waals surface area contributed by atoms with Crippen molar-refractivity contribution in [2.45, 2.75) is 31.3 Å². The molecule has 1 aromatic carbocycles. The van der Waals surface area contributed by atoms with E-state index in [1.807, 2.05) is 0 Å². The van der Waals surface area contributed by atoms with Crippen LogP contribution >= 0.6 is 23.4 Å². The maximum Gasteiger partial charge on any atom is 0.230 e. The molecule has 154 valence electrons. The van der Waals surface area contributed by atoms with Gasteiger partial charge in [0.05, 0.1) is 40.7 Å². The molecule has 3 rings (SSSR count). The van der Waals surface area contributed by atoms with E-state index in [0.29, 0.717) is 27.9 Å². The Bertz CT molecular complexity index is 862. The Morgan fingerprint density at radius 2 is 2.34 bits per heavy atom. The number of benzene rings is 1. The van der Waals surface area contributed by atoms with E-state index in [2.05, 4.69) is 16.7 Å². The standard InChI is InChI=1S/C20H22ClN3O4S/c1-27-17-5-4-12(7-16(17)21)14-8-18(25)24-20(15(14)9-22)29-11-19(26)23-10-13-3-2-6-28-13/h4-5,7,13-14H,2-3,6,8,10-11H2,1H3,(H,23,26)(H,24,25)/t13-,14+/m1/s1. The number of methoxy groups -OCH3 is 1. The number of rotatable bonds is 7. The second-order valence-electron chi connectivity index (χ2n) is 6.78. The van der Waals surface area contributed by atoms with Crippen LogP contribution in [-0.2, 0) is 14.3 Å². The van der Waals surface area contributed by atoms with E-state index >= 15 is 0 Å². The van der Waals surface area contributed by atoms with E-state index < -0.39 is 5.92 Å². The molecule has 1 fully saturated rings. The van der Waals surface area contributed by atoms with Crippen LogP contribution < -0.4 is 15.4 Å². The number of carbonyl (C=O) groups excluding carboxylic acids is 2. The van der Waals surface area contributed by atoms with Crippen molar-refractivity contribution in [1.82, 2.24) is 10.6 Å². The zero-order valence-electron chi connectivity index (χ0n) is 16.0. The Labute approximate surface area is 178 Å². The van der Waals surface area contributed by atoms with Gasteiger partial charge in [-0.05, 0) is 30.5 Å². The first-order valence-electron chi connectivity index (χ1n) is 9.30. The van der Waals surface area contributed by atoms with E-state index in [1.54, 1.807) is 18.2 Å². The van der Waals surface area contributed by atoms with Crippen molar-refractivity contribution in [1.29, 1.82) is 5.26 Å². The summed E-state index contributed by atoms with van der Waals surface area (Å²) in [7, 11) is 1.52. The molecule has 0 bridgehead atoms. The quantitative estimate of drug-likeness (QED) is 0.683. The van der Waals surface area contributed by atoms with Gasteiger partial charge in [0.15, 0.2) is 0 Å². The molecule has 2 N–H and O–H groups in total. The number of hydrogen-bond acceptors (Lipinski definition) is 6. The van der Waals surface area contributed by atoms with Gasteiger partial charge in [0.1, 0.15) is 5.75 Å². The van der Waals surface area contributed by atoms with Crippen molar-refractivity contribution in [2.75, 3.05) is 26.0 Å². The van der Waals surface area contributed by atoms with Crippen LogP contribution in [0.3, 0.4) is 0 Å². The molecular formula is C20H22ClN3O4S. The van der Waals surface area contributed by atoms with Crippen molar-refractivity contribution in [2.24, 2.45) is 0 Å². The van der Waals surface area contributed by atoms with Gasteiger partial charge >= 0.3 is 0 Å². The van der Waals surface area contributed by atoms with Crippen LogP contribution in [0.15, 0.2) is 28.8 Å². The fourth-order valence-corrected chi connectivity index (χ4v) is 4.51. The van der Waals surface area contributed by atoms with Gasteiger partial charge in [0, 0.05) is 25.5 Å². The fraction of sp³-hybridized carbons (Fsp3) is 0.450. The third kappa shape index (κ3) is 5.44. The molecule has 29 heavy (non-hydrogen) atoms. The van der Waals surface area contributed by atoms with Gasteiger partial charge in [-0.3, -0.25) is 9.59 Å². The summed E-state index contributed by atoms with van der Waals surface area (Å²) in [5.41, 5.74) is 1.17. The molecule has 2 aliphatic rings. The molecule has 0 saturated carbocycles. The third-order valence-corrected chi connectivity index (χ3v) is 6.15. The molecule has 1 saturated heterocycles. The Balaban J connectivity index is 1.70. The van der Waals surface area contributed by atoms with Crippen LogP contribution in [0, 0.1) is 11.3 Å². The van der Waals surface area contributed by atoms with Crippen LogP contribution in [0.1, 0.15) is 30.7 Å². The molecule has 2 atom stereocenters. The molecule has 0 unspecified atom stereocenters. The second-order valence-corrected chi connectivity index (χ2v) is 8.17. The predicted molar refractivity (Wildman–Crippen MR) is 111 cm³/mol. The zero-order valence-corrected chi connectivity index (χ0v) is 17.6. The minimum absolute atomic E-state index is 0.0661. The monoisotopic (exact) mass is 435 g/mol. The summed E-state index contributed by atoms with van der Waals surface area (Å²) < 4.78 is 10.6. The van der Waals surface area contributed by atoms with Gasteiger partial charge in [0.2, 0.25) is 11.8 Å². The van der Waals surface area contributed by atoms with Gasteiger partial charge in [-0.25, -0.2) is 0 Å². The molecule has 7 nitrogen and oxygen atoms in total. The molecule has 1 aromatic rings. The number of hydrogen-bond donors (Lipinski definition) is 2. The average molecular weight is 436 g/mol. The van der Waals surface area contributed by atoms with E-state index in [4.69, 9.17) is 21.1 Å². The molecule has 2 amide bonds. The van der Waals surface area contributed by atoms with Crippen molar-refractivity contribution >= 4 is 35.2 Å². The summed E-state index contributed by atoms with van der Waals surface area (Å²) >= 11 is 7.36. The number of halogens is 1. The summed E-state index contributed by atoms with van der Waals surface area (Å²) in [5, 5.41) is 16.1. The number of allylic oxidation sites excluding steroid dienone is 1. The van der Waals surface area contributed by atoms with E-state index in [0.717, 1.165) is 36.8 Å². The van der Waals surface area contributed by atoms with Crippen LogP contribution in [0.4, 0.5) is 0 Å². The highest BCUT2D eigenvalue weighted by Crippen LogP contribution is 2.38. The molecular weight excluding hydrogens is 414 g/mol. The molecule has 2 heterocycles. The van der Waals surface area contributed by atoms with Crippen LogP contribution in [-0.4, -0.2) is 43.9 Å². The predicted octanol–water partition coefficient (Wildman–Crippen LogP) is 2.72. The first-order valence-corrected chi connectivity index (χ1v) is 10.7. The first kappa shape index (κ1) is 21.5. The summed E-state index contributed by atoms with van der Waals surface area (Å²) in [6.45, 7) is 1.21. The van der Waals surface area contributed by atoms with Gasteiger partial charge in [-0.2, -0.15) is 5.26 Å². The maximum atomic E-state index is 12.2. The van der Waals surface area contributed by atoms with E-state index in [9.17, 15) is 14.9 Å². The fourth-order valence-electron chi connectivity index (χ4n) is 3.34. The molecule has 9 heteroatoms. The number of nitriles is 1. The highest BCUT2D eigenvalue weighted by molar-refractivity contribution is 8.03. The van der Waals surface area contributed by atoms with Crippen LogP contribution in [0.25, 0.3) is 0 Å². The number of thioether (sulfide) groups is 1.